The minimum absolute atomic E-state index is 0.0166. The van der Waals surface area contributed by atoms with Crippen molar-refractivity contribution in [3.63, 3.8) is 0 Å². The fraction of sp³-hybridized carbons (Fsp3) is 0.278. The van der Waals surface area contributed by atoms with Crippen LogP contribution in [0.2, 0.25) is 5.02 Å². The SMILES string of the molecule is Cc1ccc(C(C)NC(=O)COc2ccc(Cl)c(C)c2)cc1. The van der Waals surface area contributed by atoms with E-state index >= 15 is 0 Å². The van der Waals surface area contributed by atoms with Gasteiger partial charge in [0.1, 0.15) is 5.75 Å². The lowest BCUT2D eigenvalue weighted by Crippen LogP contribution is -2.31. The van der Waals surface area contributed by atoms with Crippen molar-refractivity contribution in [2.24, 2.45) is 0 Å². The van der Waals surface area contributed by atoms with Crippen LogP contribution in [0.1, 0.15) is 29.7 Å². The standard InChI is InChI=1S/C18H20ClNO2/c1-12-4-6-15(7-5-12)14(3)20-18(21)11-22-16-8-9-17(19)13(2)10-16/h4-10,14H,11H2,1-3H3,(H,20,21). The summed E-state index contributed by atoms with van der Waals surface area (Å²) < 4.78 is 5.49. The molecule has 0 spiro atoms. The van der Waals surface area contributed by atoms with Gasteiger partial charge >= 0.3 is 0 Å². The number of hydrogen-bond donors (Lipinski definition) is 1. The van der Waals surface area contributed by atoms with E-state index in [0.29, 0.717) is 10.8 Å². The van der Waals surface area contributed by atoms with E-state index < -0.39 is 0 Å². The second-order valence-electron chi connectivity index (χ2n) is 5.40. The molecule has 1 unspecified atom stereocenters. The quantitative estimate of drug-likeness (QED) is 0.897. The maximum atomic E-state index is 12.0. The van der Waals surface area contributed by atoms with Gasteiger partial charge in [0.25, 0.3) is 5.91 Å². The Bertz CT molecular complexity index is 653. The van der Waals surface area contributed by atoms with Gasteiger partial charge in [0, 0.05) is 5.02 Å². The van der Waals surface area contributed by atoms with Gasteiger partial charge in [0.15, 0.2) is 6.61 Å². The molecule has 116 valence electrons. The molecule has 0 saturated carbocycles. The first-order chi connectivity index (χ1) is 10.5. The molecule has 1 N–H and O–H groups in total. The van der Waals surface area contributed by atoms with E-state index in [1.807, 2.05) is 51.1 Å². The molecule has 1 amide bonds. The topological polar surface area (TPSA) is 38.3 Å². The smallest absolute Gasteiger partial charge is 0.258 e. The number of amides is 1. The number of carbonyl (C=O) groups excluding carboxylic acids is 1. The highest BCUT2D eigenvalue weighted by molar-refractivity contribution is 6.31. The van der Waals surface area contributed by atoms with Crippen LogP contribution in [0, 0.1) is 13.8 Å². The van der Waals surface area contributed by atoms with Crippen LogP contribution in [0.4, 0.5) is 0 Å². The molecule has 0 bridgehead atoms. The zero-order chi connectivity index (χ0) is 16.1. The Balaban J connectivity index is 1.87. The normalized spacial score (nSPS) is 11.8. The average molecular weight is 318 g/mol. The minimum atomic E-state index is -0.152. The van der Waals surface area contributed by atoms with Crippen molar-refractivity contribution in [2.45, 2.75) is 26.8 Å². The van der Waals surface area contributed by atoms with Crippen LogP contribution in [0.15, 0.2) is 42.5 Å². The summed E-state index contributed by atoms with van der Waals surface area (Å²) >= 11 is 5.96. The van der Waals surface area contributed by atoms with Gasteiger partial charge in [-0.05, 0) is 50.1 Å². The molecule has 22 heavy (non-hydrogen) atoms. The minimum Gasteiger partial charge on any atom is -0.484 e. The van der Waals surface area contributed by atoms with Crippen LogP contribution >= 0.6 is 11.6 Å². The first kappa shape index (κ1) is 16.4. The zero-order valence-electron chi connectivity index (χ0n) is 13.0. The molecule has 0 heterocycles. The molecule has 0 radical (unpaired) electrons. The number of ether oxygens (including phenoxy) is 1. The van der Waals surface area contributed by atoms with Gasteiger partial charge < -0.3 is 10.1 Å². The van der Waals surface area contributed by atoms with Gasteiger partial charge in [-0.2, -0.15) is 0 Å². The highest BCUT2D eigenvalue weighted by atomic mass is 35.5. The first-order valence-electron chi connectivity index (χ1n) is 7.20. The molecule has 0 aromatic heterocycles. The second kappa shape index (κ2) is 7.32. The zero-order valence-corrected chi connectivity index (χ0v) is 13.8. The summed E-state index contributed by atoms with van der Waals surface area (Å²) in [5.41, 5.74) is 3.19. The molecule has 0 fully saturated rings. The van der Waals surface area contributed by atoms with E-state index in [1.165, 1.54) is 5.56 Å². The number of aryl methyl sites for hydroxylation is 2. The molecular formula is C18H20ClNO2. The van der Waals surface area contributed by atoms with Crippen molar-refractivity contribution < 1.29 is 9.53 Å². The van der Waals surface area contributed by atoms with Crippen molar-refractivity contribution in [3.8, 4) is 5.75 Å². The fourth-order valence-electron chi connectivity index (χ4n) is 2.08. The van der Waals surface area contributed by atoms with Crippen molar-refractivity contribution in [1.82, 2.24) is 5.32 Å². The molecule has 2 aromatic carbocycles. The largest absolute Gasteiger partial charge is 0.484 e. The Kier molecular flexibility index (Phi) is 5.45. The van der Waals surface area contributed by atoms with Crippen molar-refractivity contribution >= 4 is 17.5 Å². The highest BCUT2D eigenvalue weighted by Crippen LogP contribution is 2.21. The van der Waals surface area contributed by atoms with Gasteiger partial charge in [-0.3, -0.25) is 4.79 Å². The predicted octanol–water partition coefficient (Wildman–Crippen LogP) is 4.21. The fourth-order valence-corrected chi connectivity index (χ4v) is 2.20. The number of carbonyl (C=O) groups is 1. The van der Waals surface area contributed by atoms with Crippen LogP contribution in [0.25, 0.3) is 0 Å². The summed E-state index contributed by atoms with van der Waals surface area (Å²) in [6, 6.07) is 13.4. The van der Waals surface area contributed by atoms with Gasteiger partial charge in [0.2, 0.25) is 0 Å². The van der Waals surface area contributed by atoms with E-state index in [2.05, 4.69) is 5.32 Å². The lowest BCUT2D eigenvalue weighted by Gasteiger charge is -2.15. The average Bonchev–Trinajstić information content (AvgIpc) is 2.49. The van der Waals surface area contributed by atoms with Crippen LogP contribution in [0.5, 0.6) is 5.75 Å². The lowest BCUT2D eigenvalue weighted by atomic mass is 10.1. The molecule has 0 aliphatic carbocycles. The number of halogens is 1. The van der Waals surface area contributed by atoms with Gasteiger partial charge in [0.05, 0.1) is 6.04 Å². The molecular weight excluding hydrogens is 298 g/mol. The summed E-state index contributed by atoms with van der Waals surface area (Å²) in [7, 11) is 0. The maximum absolute atomic E-state index is 12.0. The van der Waals surface area contributed by atoms with Crippen molar-refractivity contribution in [3.05, 3.63) is 64.2 Å². The van der Waals surface area contributed by atoms with E-state index in [4.69, 9.17) is 16.3 Å². The molecule has 2 rings (SSSR count). The number of hydrogen-bond acceptors (Lipinski definition) is 2. The summed E-state index contributed by atoms with van der Waals surface area (Å²) in [6.45, 7) is 5.87. The Morgan fingerprint density at radius 1 is 1.18 bits per heavy atom. The van der Waals surface area contributed by atoms with Crippen LogP contribution in [0.3, 0.4) is 0 Å². The van der Waals surface area contributed by atoms with E-state index in [0.717, 1.165) is 11.1 Å². The number of benzene rings is 2. The third-order valence-electron chi connectivity index (χ3n) is 3.45. The summed E-state index contributed by atoms with van der Waals surface area (Å²) in [5.74, 6) is 0.487. The summed E-state index contributed by atoms with van der Waals surface area (Å²) in [6.07, 6.45) is 0. The Morgan fingerprint density at radius 3 is 2.50 bits per heavy atom. The summed E-state index contributed by atoms with van der Waals surface area (Å²) in [4.78, 5) is 12.0. The molecule has 0 aliphatic rings. The molecule has 4 heteroatoms. The number of nitrogens with one attached hydrogen (secondary N) is 1. The Labute approximate surface area is 136 Å². The molecule has 3 nitrogen and oxygen atoms in total. The maximum Gasteiger partial charge on any atom is 0.258 e. The third-order valence-corrected chi connectivity index (χ3v) is 3.88. The number of rotatable bonds is 5. The molecule has 0 aliphatic heterocycles. The summed E-state index contributed by atoms with van der Waals surface area (Å²) in [5, 5.41) is 3.61. The predicted molar refractivity (Wildman–Crippen MR) is 89.4 cm³/mol. The lowest BCUT2D eigenvalue weighted by molar-refractivity contribution is -0.123. The molecule has 0 saturated heterocycles. The van der Waals surface area contributed by atoms with E-state index in [9.17, 15) is 4.79 Å². The highest BCUT2D eigenvalue weighted by Gasteiger charge is 2.10. The van der Waals surface area contributed by atoms with Gasteiger partial charge in [-0.15, -0.1) is 0 Å². The van der Waals surface area contributed by atoms with Gasteiger partial charge in [-0.25, -0.2) is 0 Å². The monoisotopic (exact) mass is 317 g/mol. The Morgan fingerprint density at radius 2 is 1.86 bits per heavy atom. The van der Waals surface area contributed by atoms with Crippen molar-refractivity contribution in [2.75, 3.05) is 6.61 Å². The van der Waals surface area contributed by atoms with Crippen LogP contribution in [-0.2, 0) is 4.79 Å². The van der Waals surface area contributed by atoms with Crippen molar-refractivity contribution in [1.29, 1.82) is 0 Å². The second-order valence-corrected chi connectivity index (χ2v) is 5.81. The van der Waals surface area contributed by atoms with Gasteiger partial charge in [-0.1, -0.05) is 41.4 Å². The van der Waals surface area contributed by atoms with E-state index in [1.54, 1.807) is 12.1 Å². The Hall–Kier alpha value is -2.00. The first-order valence-corrected chi connectivity index (χ1v) is 7.58. The molecule has 1 atom stereocenters. The molecule has 2 aromatic rings. The third kappa shape index (κ3) is 4.50. The van der Waals surface area contributed by atoms with E-state index in [-0.39, 0.29) is 18.6 Å². The van der Waals surface area contributed by atoms with Crippen LogP contribution < -0.4 is 10.1 Å². The van der Waals surface area contributed by atoms with Crippen LogP contribution in [-0.4, -0.2) is 12.5 Å².